The van der Waals surface area contributed by atoms with E-state index in [2.05, 4.69) is 54.5 Å². The summed E-state index contributed by atoms with van der Waals surface area (Å²) in [4.78, 5) is 2.60. The van der Waals surface area contributed by atoms with Gasteiger partial charge < -0.3 is 15.5 Å². The summed E-state index contributed by atoms with van der Waals surface area (Å²) in [7, 11) is 0. The number of hydrogen-bond donors (Lipinski definition) is 2. The maximum absolute atomic E-state index is 5.40. The van der Waals surface area contributed by atoms with Gasteiger partial charge in [-0.25, -0.2) is 0 Å². The normalized spacial score (nSPS) is 19.0. The van der Waals surface area contributed by atoms with Gasteiger partial charge >= 0.3 is 0 Å². The molecule has 1 heterocycles. The molecule has 0 amide bonds. The van der Waals surface area contributed by atoms with Crippen molar-refractivity contribution in [3.05, 3.63) is 29.3 Å². The highest BCUT2D eigenvalue weighted by Crippen LogP contribution is 2.18. The molecule has 1 aromatic rings. The minimum Gasteiger partial charge on any atom is -0.362 e. The van der Waals surface area contributed by atoms with Crippen molar-refractivity contribution in [1.82, 2.24) is 10.2 Å². The maximum atomic E-state index is 5.40. The van der Waals surface area contributed by atoms with E-state index in [0.29, 0.717) is 0 Å². The van der Waals surface area contributed by atoms with Gasteiger partial charge in [-0.15, -0.1) is 0 Å². The molecular formula is C18H29N3S. The third-order valence-corrected chi connectivity index (χ3v) is 4.95. The molecule has 1 fully saturated rings. The van der Waals surface area contributed by atoms with Crippen LogP contribution < -0.4 is 10.6 Å². The first-order valence-corrected chi connectivity index (χ1v) is 8.84. The fraction of sp³-hybridized carbons (Fsp3) is 0.611. The molecule has 2 N–H and O–H groups in total. The molecule has 0 unspecified atom stereocenters. The minimum atomic E-state index is 0.723. The fourth-order valence-corrected chi connectivity index (χ4v) is 3.24. The number of rotatable bonds is 5. The summed E-state index contributed by atoms with van der Waals surface area (Å²) in [6.07, 6.45) is 5.23. The molecule has 0 aliphatic carbocycles. The molecule has 2 rings (SSSR count). The van der Waals surface area contributed by atoms with Crippen LogP contribution in [0.2, 0.25) is 0 Å². The smallest absolute Gasteiger partial charge is 0.170 e. The Hall–Kier alpha value is -1.13. The van der Waals surface area contributed by atoms with Crippen LogP contribution in [0, 0.1) is 13.8 Å². The van der Waals surface area contributed by atoms with Crippen LogP contribution in [-0.4, -0.2) is 35.7 Å². The molecule has 0 radical (unpaired) electrons. The summed E-state index contributed by atoms with van der Waals surface area (Å²) in [5.74, 6) is 0. The molecular weight excluding hydrogens is 290 g/mol. The molecule has 1 aliphatic heterocycles. The average Bonchev–Trinajstić information content (AvgIpc) is 2.50. The summed E-state index contributed by atoms with van der Waals surface area (Å²) in [6, 6.07) is 7.00. The second kappa shape index (κ2) is 8.49. The third-order valence-electron chi connectivity index (χ3n) is 4.70. The standard InChI is InChI=1S/C18H29N3S/c1-14-8-6-10-17(16(14)3)20-18(22)19-11-7-13-21-12-5-4-9-15(21)2/h6,8,10,15H,4-5,7,9,11-13H2,1-3H3,(H2,19,20,22)/t15-/m1/s1. The quantitative estimate of drug-likeness (QED) is 0.637. The summed E-state index contributed by atoms with van der Waals surface area (Å²) in [5, 5.41) is 7.35. The Bertz CT molecular complexity index is 501. The van der Waals surface area contributed by atoms with Crippen molar-refractivity contribution >= 4 is 23.0 Å². The van der Waals surface area contributed by atoms with Gasteiger partial charge in [0, 0.05) is 24.8 Å². The molecule has 122 valence electrons. The Kier molecular flexibility index (Phi) is 6.65. The number of benzene rings is 1. The summed E-state index contributed by atoms with van der Waals surface area (Å²) in [6.45, 7) is 9.95. The van der Waals surface area contributed by atoms with E-state index >= 15 is 0 Å². The maximum Gasteiger partial charge on any atom is 0.170 e. The van der Waals surface area contributed by atoms with Crippen LogP contribution in [0.4, 0.5) is 5.69 Å². The number of aryl methyl sites for hydroxylation is 1. The SMILES string of the molecule is Cc1cccc(NC(=S)NCCCN2CCCC[C@H]2C)c1C. The van der Waals surface area contributed by atoms with E-state index in [0.717, 1.165) is 29.8 Å². The predicted molar refractivity (Wildman–Crippen MR) is 99.6 cm³/mol. The first kappa shape index (κ1) is 17.2. The zero-order valence-corrected chi connectivity index (χ0v) is 14.9. The summed E-state index contributed by atoms with van der Waals surface area (Å²) >= 11 is 5.40. The molecule has 0 aromatic heterocycles. The number of piperidine rings is 1. The molecule has 0 saturated carbocycles. The monoisotopic (exact) mass is 319 g/mol. The van der Waals surface area contributed by atoms with E-state index < -0.39 is 0 Å². The van der Waals surface area contributed by atoms with E-state index in [1.165, 1.54) is 43.5 Å². The number of nitrogens with zero attached hydrogens (tertiary/aromatic N) is 1. The molecule has 22 heavy (non-hydrogen) atoms. The van der Waals surface area contributed by atoms with Crippen LogP contribution >= 0.6 is 12.2 Å². The number of nitrogens with one attached hydrogen (secondary N) is 2. The highest BCUT2D eigenvalue weighted by Gasteiger charge is 2.17. The van der Waals surface area contributed by atoms with E-state index in [1.807, 2.05) is 0 Å². The Balaban J connectivity index is 1.68. The van der Waals surface area contributed by atoms with Crippen molar-refractivity contribution in [1.29, 1.82) is 0 Å². The van der Waals surface area contributed by atoms with Crippen molar-refractivity contribution in [3.63, 3.8) is 0 Å². The molecule has 0 bridgehead atoms. The van der Waals surface area contributed by atoms with E-state index in [-0.39, 0.29) is 0 Å². The van der Waals surface area contributed by atoms with Gasteiger partial charge in [0.05, 0.1) is 0 Å². The number of thiocarbonyl (C=S) groups is 1. The van der Waals surface area contributed by atoms with Crippen molar-refractivity contribution in [2.75, 3.05) is 25.0 Å². The first-order chi connectivity index (χ1) is 10.6. The Morgan fingerprint density at radius 2 is 2.14 bits per heavy atom. The highest BCUT2D eigenvalue weighted by molar-refractivity contribution is 7.80. The van der Waals surface area contributed by atoms with Crippen LogP contribution in [0.5, 0.6) is 0 Å². The lowest BCUT2D eigenvalue weighted by Crippen LogP contribution is -2.39. The lowest BCUT2D eigenvalue weighted by molar-refractivity contribution is 0.159. The minimum absolute atomic E-state index is 0.723. The van der Waals surface area contributed by atoms with Crippen LogP contribution in [0.15, 0.2) is 18.2 Å². The van der Waals surface area contributed by atoms with Crippen molar-refractivity contribution in [2.45, 2.75) is 52.5 Å². The average molecular weight is 320 g/mol. The second-order valence-corrected chi connectivity index (χ2v) is 6.77. The number of likely N-dealkylation sites (tertiary alicyclic amines) is 1. The van der Waals surface area contributed by atoms with Gasteiger partial charge in [0.1, 0.15) is 0 Å². The van der Waals surface area contributed by atoms with Crippen molar-refractivity contribution < 1.29 is 0 Å². The topological polar surface area (TPSA) is 27.3 Å². The lowest BCUT2D eigenvalue weighted by atomic mass is 10.0. The third kappa shape index (κ3) is 4.96. The van der Waals surface area contributed by atoms with Gasteiger partial charge in [0.2, 0.25) is 0 Å². The molecule has 1 saturated heterocycles. The molecule has 0 spiro atoms. The van der Waals surface area contributed by atoms with Gasteiger partial charge in [-0.3, -0.25) is 0 Å². The van der Waals surface area contributed by atoms with Gasteiger partial charge in [-0.1, -0.05) is 18.6 Å². The Morgan fingerprint density at radius 1 is 1.32 bits per heavy atom. The van der Waals surface area contributed by atoms with Crippen molar-refractivity contribution in [2.24, 2.45) is 0 Å². The van der Waals surface area contributed by atoms with Crippen LogP contribution in [-0.2, 0) is 0 Å². The summed E-state index contributed by atoms with van der Waals surface area (Å²) in [5.41, 5.74) is 3.64. The van der Waals surface area contributed by atoms with Gasteiger partial charge in [-0.05, 0) is 76.0 Å². The van der Waals surface area contributed by atoms with Crippen LogP contribution in [0.1, 0.15) is 43.7 Å². The summed E-state index contributed by atoms with van der Waals surface area (Å²) < 4.78 is 0. The molecule has 1 atom stereocenters. The van der Waals surface area contributed by atoms with Crippen molar-refractivity contribution in [3.8, 4) is 0 Å². The van der Waals surface area contributed by atoms with E-state index in [1.54, 1.807) is 0 Å². The van der Waals surface area contributed by atoms with Gasteiger partial charge in [0.15, 0.2) is 5.11 Å². The molecule has 1 aliphatic rings. The number of anilines is 1. The largest absolute Gasteiger partial charge is 0.362 e. The van der Waals surface area contributed by atoms with E-state index in [4.69, 9.17) is 12.2 Å². The highest BCUT2D eigenvalue weighted by atomic mass is 32.1. The molecule has 4 heteroatoms. The zero-order valence-electron chi connectivity index (χ0n) is 14.1. The van der Waals surface area contributed by atoms with Gasteiger partial charge in [-0.2, -0.15) is 0 Å². The zero-order chi connectivity index (χ0) is 15.9. The van der Waals surface area contributed by atoms with Gasteiger partial charge in [0.25, 0.3) is 0 Å². The Morgan fingerprint density at radius 3 is 2.91 bits per heavy atom. The first-order valence-electron chi connectivity index (χ1n) is 8.43. The van der Waals surface area contributed by atoms with Crippen LogP contribution in [0.25, 0.3) is 0 Å². The van der Waals surface area contributed by atoms with Crippen LogP contribution in [0.3, 0.4) is 0 Å². The second-order valence-electron chi connectivity index (χ2n) is 6.36. The molecule has 3 nitrogen and oxygen atoms in total. The Labute approximate surface area is 140 Å². The fourth-order valence-electron chi connectivity index (χ4n) is 3.03. The van der Waals surface area contributed by atoms with E-state index in [9.17, 15) is 0 Å². The molecule has 1 aromatic carbocycles. The lowest BCUT2D eigenvalue weighted by Gasteiger charge is -2.33. The predicted octanol–water partition coefficient (Wildman–Crippen LogP) is 3.85. The number of hydrogen-bond acceptors (Lipinski definition) is 2.